The first-order chi connectivity index (χ1) is 19.0. The highest BCUT2D eigenvalue weighted by Crippen LogP contribution is 2.28. The van der Waals surface area contributed by atoms with Crippen molar-refractivity contribution in [1.82, 2.24) is 10.2 Å². The zero-order valence-electron chi connectivity index (χ0n) is 23.7. The zero-order valence-corrected chi connectivity index (χ0v) is 25.3. The average molecular weight is 584 g/mol. The van der Waals surface area contributed by atoms with Crippen molar-refractivity contribution in [3.05, 3.63) is 94.5 Å². The minimum atomic E-state index is -4.12. The molecule has 0 unspecified atom stereocenters. The molecule has 40 heavy (non-hydrogen) atoms. The van der Waals surface area contributed by atoms with E-state index in [4.69, 9.17) is 11.6 Å². The summed E-state index contributed by atoms with van der Waals surface area (Å²) in [6.07, 6.45) is 1.07. The molecule has 0 aromatic heterocycles. The molecule has 0 fully saturated rings. The van der Waals surface area contributed by atoms with Crippen molar-refractivity contribution in [2.75, 3.05) is 10.8 Å². The number of carbonyl (C=O) groups excluding carboxylic acids is 2. The Bertz CT molecular complexity index is 1430. The fourth-order valence-electron chi connectivity index (χ4n) is 4.36. The lowest BCUT2D eigenvalue weighted by molar-refractivity contribution is -0.140. The van der Waals surface area contributed by atoms with Gasteiger partial charge in [0.1, 0.15) is 12.6 Å². The van der Waals surface area contributed by atoms with Crippen LogP contribution in [-0.4, -0.2) is 43.8 Å². The number of para-hydroxylation sites is 1. The molecule has 0 heterocycles. The van der Waals surface area contributed by atoms with Gasteiger partial charge in [-0.3, -0.25) is 13.9 Å². The van der Waals surface area contributed by atoms with Gasteiger partial charge in [-0.2, -0.15) is 0 Å². The number of amides is 2. The number of benzene rings is 3. The first kappa shape index (κ1) is 31.2. The van der Waals surface area contributed by atoms with E-state index >= 15 is 0 Å². The highest BCUT2D eigenvalue weighted by atomic mass is 35.5. The second kappa shape index (κ2) is 13.8. The van der Waals surface area contributed by atoms with E-state index in [1.54, 1.807) is 55.5 Å². The van der Waals surface area contributed by atoms with Gasteiger partial charge in [0.2, 0.25) is 11.8 Å². The van der Waals surface area contributed by atoms with Gasteiger partial charge in [-0.15, -0.1) is 0 Å². The van der Waals surface area contributed by atoms with Crippen LogP contribution in [0.25, 0.3) is 0 Å². The van der Waals surface area contributed by atoms with Crippen LogP contribution in [0.4, 0.5) is 5.69 Å². The van der Waals surface area contributed by atoms with Crippen molar-refractivity contribution in [1.29, 1.82) is 0 Å². The monoisotopic (exact) mass is 583 g/mol. The Kier molecular flexibility index (Phi) is 10.8. The number of aryl methyl sites for hydroxylation is 2. The second-order valence-corrected chi connectivity index (χ2v) is 12.2. The first-order valence-electron chi connectivity index (χ1n) is 13.5. The Morgan fingerprint density at radius 3 is 2.12 bits per heavy atom. The van der Waals surface area contributed by atoms with Gasteiger partial charge in [-0.05, 0) is 69.0 Å². The highest BCUT2D eigenvalue weighted by molar-refractivity contribution is 7.92. The van der Waals surface area contributed by atoms with Crippen LogP contribution in [0.2, 0.25) is 5.02 Å². The Labute approximate surface area is 243 Å². The van der Waals surface area contributed by atoms with E-state index in [-0.39, 0.29) is 23.4 Å². The number of nitrogens with one attached hydrogen (secondary N) is 1. The molecule has 9 heteroatoms. The van der Waals surface area contributed by atoms with Crippen LogP contribution in [0.15, 0.2) is 77.7 Å². The molecular weight excluding hydrogens is 546 g/mol. The van der Waals surface area contributed by atoms with Crippen molar-refractivity contribution >= 4 is 39.1 Å². The molecule has 2 amide bonds. The summed E-state index contributed by atoms with van der Waals surface area (Å²) in [5.41, 5.74) is 2.68. The minimum absolute atomic E-state index is 0.0527. The van der Waals surface area contributed by atoms with Crippen molar-refractivity contribution in [3.63, 3.8) is 0 Å². The van der Waals surface area contributed by atoms with Gasteiger partial charge in [-0.1, -0.05) is 79.5 Å². The molecule has 7 nitrogen and oxygen atoms in total. The molecule has 0 aliphatic rings. The van der Waals surface area contributed by atoms with Crippen LogP contribution >= 0.6 is 11.6 Å². The van der Waals surface area contributed by atoms with Crippen LogP contribution < -0.4 is 9.62 Å². The van der Waals surface area contributed by atoms with Gasteiger partial charge in [0.15, 0.2) is 0 Å². The Balaban J connectivity index is 2.08. The van der Waals surface area contributed by atoms with Gasteiger partial charge in [0.25, 0.3) is 10.0 Å². The number of hydrogen-bond donors (Lipinski definition) is 1. The maximum absolute atomic E-state index is 14.1. The molecule has 214 valence electrons. The topological polar surface area (TPSA) is 86.8 Å². The summed E-state index contributed by atoms with van der Waals surface area (Å²) >= 11 is 6.45. The van der Waals surface area contributed by atoms with E-state index in [2.05, 4.69) is 5.32 Å². The predicted molar refractivity (Wildman–Crippen MR) is 161 cm³/mol. The Hall–Kier alpha value is -3.36. The highest BCUT2D eigenvalue weighted by Gasteiger charge is 2.34. The van der Waals surface area contributed by atoms with Crippen LogP contribution in [0.1, 0.15) is 50.3 Å². The van der Waals surface area contributed by atoms with Crippen molar-refractivity contribution in [3.8, 4) is 0 Å². The predicted octanol–water partition coefficient (Wildman–Crippen LogP) is 5.87. The standard InChI is InChI=1S/C31H38ClN3O4S/c1-6-24(5)33-31(37)28(7-2)34(20-25-13-9-10-14-27(25)32)30(36)21-35(29-15-11-8-12-23(29)4)40(38,39)26-18-16-22(3)17-19-26/h8-19,24,28H,6-7,20-21H2,1-5H3,(H,33,37)/t24-,28-/m0/s1. The lowest BCUT2D eigenvalue weighted by Crippen LogP contribution is -2.53. The fourth-order valence-corrected chi connectivity index (χ4v) is 6.04. The molecule has 0 saturated carbocycles. The average Bonchev–Trinajstić information content (AvgIpc) is 2.93. The Morgan fingerprint density at radius 1 is 0.900 bits per heavy atom. The van der Waals surface area contributed by atoms with Crippen LogP contribution in [0.5, 0.6) is 0 Å². The number of halogens is 1. The summed E-state index contributed by atoms with van der Waals surface area (Å²) in [6.45, 7) is 8.94. The molecule has 0 saturated heterocycles. The number of rotatable bonds is 12. The molecule has 0 spiro atoms. The zero-order chi connectivity index (χ0) is 29.4. The van der Waals surface area contributed by atoms with E-state index in [9.17, 15) is 18.0 Å². The molecule has 3 aromatic carbocycles. The molecule has 3 rings (SSSR count). The van der Waals surface area contributed by atoms with Gasteiger partial charge >= 0.3 is 0 Å². The summed E-state index contributed by atoms with van der Waals surface area (Å²) in [5, 5.41) is 3.43. The van der Waals surface area contributed by atoms with Gasteiger partial charge in [-0.25, -0.2) is 8.42 Å². The van der Waals surface area contributed by atoms with E-state index in [0.717, 1.165) is 16.3 Å². The number of hydrogen-bond acceptors (Lipinski definition) is 4. The van der Waals surface area contributed by atoms with Crippen LogP contribution in [0, 0.1) is 13.8 Å². The van der Waals surface area contributed by atoms with Gasteiger partial charge in [0.05, 0.1) is 10.6 Å². The molecule has 2 atom stereocenters. The fraction of sp³-hybridized carbons (Fsp3) is 0.355. The summed E-state index contributed by atoms with van der Waals surface area (Å²) in [6, 6.07) is 19.8. The molecule has 0 aliphatic carbocycles. The largest absolute Gasteiger partial charge is 0.352 e. The van der Waals surface area contributed by atoms with E-state index in [1.165, 1.54) is 17.0 Å². The lowest BCUT2D eigenvalue weighted by Gasteiger charge is -2.34. The minimum Gasteiger partial charge on any atom is -0.352 e. The van der Waals surface area contributed by atoms with E-state index < -0.39 is 28.5 Å². The SMILES string of the molecule is CC[C@H](C)NC(=O)[C@H](CC)N(Cc1ccccc1Cl)C(=O)CN(c1ccccc1C)S(=O)(=O)c1ccc(C)cc1. The molecule has 0 radical (unpaired) electrons. The summed E-state index contributed by atoms with van der Waals surface area (Å²) in [5.74, 6) is -0.800. The number of nitrogens with zero attached hydrogens (tertiary/aromatic N) is 2. The summed E-state index contributed by atoms with van der Waals surface area (Å²) in [7, 11) is -4.12. The molecule has 0 bridgehead atoms. The summed E-state index contributed by atoms with van der Waals surface area (Å²) < 4.78 is 29.1. The maximum atomic E-state index is 14.1. The number of anilines is 1. The third-order valence-electron chi connectivity index (χ3n) is 6.96. The number of sulfonamides is 1. The quantitative estimate of drug-likeness (QED) is 0.289. The van der Waals surface area contributed by atoms with Gasteiger partial charge < -0.3 is 10.2 Å². The van der Waals surface area contributed by atoms with Crippen LogP contribution in [0.3, 0.4) is 0 Å². The van der Waals surface area contributed by atoms with E-state index in [0.29, 0.717) is 28.3 Å². The van der Waals surface area contributed by atoms with Crippen molar-refractivity contribution in [2.24, 2.45) is 0 Å². The Morgan fingerprint density at radius 2 is 1.52 bits per heavy atom. The second-order valence-electron chi connectivity index (χ2n) is 9.97. The molecule has 3 aromatic rings. The maximum Gasteiger partial charge on any atom is 0.264 e. The molecular formula is C31H38ClN3O4S. The van der Waals surface area contributed by atoms with Gasteiger partial charge in [0, 0.05) is 17.6 Å². The normalized spacial score (nSPS) is 12.8. The van der Waals surface area contributed by atoms with Crippen LogP contribution in [-0.2, 0) is 26.2 Å². The van der Waals surface area contributed by atoms with Crippen molar-refractivity contribution in [2.45, 2.75) is 71.0 Å². The van der Waals surface area contributed by atoms with E-state index in [1.807, 2.05) is 39.8 Å². The first-order valence-corrected chi connectivity index (χ1v) is 15.3. The molecule has 0 aliphatic heterocycles. The number of carbonyl (C=O) groups is 2. The summed E-state index contributed by atoms with van der Waals surface area (Å²) in [4.78, 5) is 29.0. The third-order valence-corrected chi connectivity index (χ3v) is 9.10. The van der Waals surface area contributed by atoms with Crippen molar-refractivity contribution < 1.29 is 18.0 Å². The third kappa shape index (κ3) is 7.43. The lowest BCUT2D eigenvalue weighted by atomic mass is 10.1. The smallest absolute Gasteiger partial charge is 0.264 e. The molecule has 1 N–H and O–H groups in total.